The van der Waals surface area contributed by atoms with Gasteiger partial charge >= 0.3 is 0 Å². The van der Waals surface area contributed by atoms with Crippen LogP contribution >= 0.6 is 11.6 Å². The Hall–Kier alpha value is -2.86. The van der Waals surface area contributed by atoms with Gasteiger partial charge < -0.3 is 14.6 Å². The molecule has 7 heteroatoms. The smallest absolute Gasteiger partial charge is 0.227 e. The summed E-state index contributed by atoms with van der Waals surface area (Å²) in [6, 6.07) is 14.8. The average Bonchev–Trinajstić information content (AvgIpc) is 3.16. The van der Waals surface area contributed by atoms with E-state index in [1.165, 1.54) is 0 Å². The third kappa shape index (κ3) is 5.33. The molecular formula is C21H22ClN3O3. The lowest BCUT2D eigenvalue weighted by atomic mass is 10.1. The molecule has 0 bridgehead atoms. The van der Waals surface area contributed by atoms with Crippen molar-refractivity contribution in [1.29, 1.82) is 0 Å². The summed E-state index contributed by atoms with van der Waals surface area (Å²) in [5, 5.41) is 7.58. The van der Waals surface area contributed by atoms with Crippen molar-refractivity contribution < 1.29 is 14.1 Å². The summed E-state index contributed by atoms with van der Waals surface area (Å²) in [5.74, 6) is 1.62. The van der Waals surface area contributed by atoms with E-state index in [0.717, 1.165) is 16.9 Å². The van der Waals surface area contributed by atoms with Crippen LogP contribution in [0.15, 0.2) is 53.1 Å². The van der Waals surface area contributed by atoms with Gasteiger partial charge in [0.15, 0.2) is 0 Å². The largest absolute Gasteiger partial charge is 0.494 e. The lowest BCUT2D eigenvalue weighted by Crippen LogP contribution is -2.26. The molecule has 6 nitrogen and oxygen atoms in total. The van der Waals surface area contributed by atoms with Crippen molar-refractivity contribution in [2.75, 3.05) is 6.61 Å². The van der Waals surface area contributed by atoms with E-state index in [2.05, 4.69) is 15.5 Å². The molecule has 1 N–H and O–H groups in total. The summed E-state index contributed by atoms with van der Waals surface area (Å²) < 4.78 is 10.7. The molecule has 2 aromatic carbocycles. The first-order valence-electron chi connectivity index (χ1n) is 9.16. The summed E-state index contributed by atoms with van der Waals surface area (Å²) in [5.41, 5.74) is 1.79. The maximum absolute atomic E-state index is 12.2. The molecule has 3 aromatic rings. The van der Waals surface area contributed by atoms with Crippen molar-refractivity contribution in [2.24, 2.45) is 0 Å². The fourth-order valence-corrected chi connectivity index (χ4v) is 2.93. The number of nitrogens with zero attached hydrogens (tertiary/aromatic N) is 2. The highest BCUT2D eigenvalue weighted by molar-refractivity contribution is 6.30. The Morgan fingerprint density at radius 1 is 1.25 bits per heavy atom. The van der Waals surface area contributed by atoms with E-state index in [1.807, 2.05) is 56.3 Å². The van der Waals surface area contributed by atoms with Gasteiger partial charge in [0.25, 0.3) is 0 Å². The maximum Gasteiger partial charge on any atom is 0.227 e. The number of hydrogen-bond donors (Lipinski definition) is 1. The molecule has 1 unspecified atom stereocenters. The molecule has 0 aliphatic heterocycles. The molecule has 0 saturated carbocycles. The molecule has 0 fully saturated rings. The zero-order valence-corrected chi connectivity index (χ0v) is 16.6. The molecule has 146 valence electrons. The molecule has 0 radical (unpaired) electrons. The average molecular weight is 400 g/mol. The Morgan fingerprint density at radius 3 is 2.75 bits per heavy atom. The van der Waals surface area contributed by atoms with Crippen LogP contribution in [0, 0.1) is 0 Å². The number of hydrogen-bond acceptors (Lipinski definition) is 5. The molecule has 1 aromatic heterocycles. The number of carbonyl (C=O) groups is 1. The first-order valence-corrected chi connectivity index (χ1v) is 9.53. The number of ether oxygens (including phenoxy) is 1. The molecule has 1 amide bonds. The third-order valence-electron chi connectivity index (χ3n) is 4.18. The molecule has 1 atom stereocenters. The lowest BCUT2D eigenvalue weighted by molar-refractivity contribution is -0.121. The standard InChI is InChI=1S/C21H22ClN3O3/c1-3-27-18-9-7-15(8-10-18)21-24-20(28-25-21)12-11-19(26)23-14(2)16-5-4-6-17(22)13-16/h4-10,13-14H,3,11-12H2,1-2H3,(H,23,26). The minimum Gasteiger partial charge on any atom is -0.494 e. The number of amides is 1. The highest BCUT2D eigenvalue weighted by Gasteiger charge is 2.13. The fraction of sp³-hybridized carbons (Fsp3) is 0.286. The van der Waals surface area contributed by atoms with Crippen molar-refractivity contribution in [3.63, 3.8) is 0 Å². The van der Waals surface area contributed by atoms with Crippen LogP contribution in [0.4, 0.5) is 0 Å². The third-order valence-corrected chi connectivity index (χ3v) is 4.42. The van der Waals surface area contributed by atoms with Gasteiger partial charge in [-0.1, -0.05) is 28.9 Å². The Kier molecular flexibility index (Phi) is 6.66. The molecule has 0 aliphatic carbocycles. The van der Waals surface area contributed by atoms with E-state index in [9.17, 15) is 4.79 Å². The number of aryl methyl sites for hydroxylation is 1. The van der Waals surface area contributed by atoms with Crippen LogP contribution in [0.5, 0.6) is 5.75 Å². The summed E-state index contributed by atoms with van der Waals surface area (Å²) in [4.78, 5) is 16.6. The number of aromatic nitrogens is 2. The number of rotatable bonds is 8. The predicted molar refractivity (Wildman–Crippen MR) is 107 cm³/mol. The number of benzene rings is 2. The van der Waals surface area contributed by atoms with Crippen LogP contribution in [-0.4, -0.2) is 22.7 Å². The first-order chi connectivity index (χ1) is 13.5. The van der Waals surface area contributed by atoms with E-state index in [0.29, 0.717) is 29.8 Å². The van der Waals surface area contributed by atoms with E-state index in [4.69, 9.17) is 20.9 Å². The van der Waals surface area contributed by atoms with Gasteiger partial charge in [0, 0.05) is 23.4 Å². The van der Waals surface area contributed by atoms with Crippen LogP contribution in [0.2, 0.25) is 5.02 Å². The van der Waals surface area contributed by atoms with Crippen molar-refractivity contribution in [1.82, 2.24) is 15.5 Å². The predicted octanol–water partition coefficient (Wildman–Crippen LogP) is 4.60. The summed E-state index contributed by atoms with van der Waals surface area (Å²) in [7, 11) is 0. The zero-order valence-electron chi connectivity index (χ0n) is 15.8. The van der Waals surface area contributed by atoms with Gasteiger partial charge in [-0.25, -0.2) is 0 Å². The van der Waals surface area contributed by atoms with Crippen molar-refractivity contribution in [2.45, 2.75) is 32.7 Å². The minimum absolute atomic E-state index is 0.0895. The molecule has 28 heavy (non-hydrogen) atoms. The monoisotopic (exact) mass is 399 g/mol. The van der Waals surface area contributed by atoms with Crippen LogP contribution in [-0.2, 0) is 11.2 Å². The van der Waals surface area contributed by atoms with Crippen molar-refractivity contribution in [3.05, 3.63) is 65.0 Å². The van der Waals surface area contributed by atoms with Crippen molar-refractivity contribution in [3.8, 4) is 17.1 Å². The van der Waals surface area contributed by atoms with E-state index in [1.54, 1.807) is 6.07 Å². The second-order valence-electron chi connectivity index (χ2n) is 6.31. The molecular weight excluding hydrogens is 378 g/mol. The second-order valence-corrected chi connectivity index (χ2v) is 6.75. The normalized spacial score (nSPS) is 11.8. The molecule has 0 spiro atoms. The van der Waals surface area contributed by atoms with Gasteiger partial charge in [0.2, 0.25) is 17.6 Å². The quantitative estimate of drug-likeness (QED) is 0.599. The highest BCUT2D eigenvalue weighted by Crippen LogP contribution is 2.21. The van der Waals surface area contributed by atoms with E-state index >= 15 is 0 Å². The van der Waals surface area contributed by atoms with E-state index in [-0.39, 0.29) is 18.4 Å². The van der Waals surface area contributed by atoms with Crippen molar-refractivity contribution >= 4 is 17.5 Å². The SMILES string of the molecule is CCOc1ccc(-c2noc(CCC(=O)NC(C)c3cccc(Cl)c3)n2)cc1. The van der Waals surface area contributed by atoms with Crippen LogP contribution in [0.1, 0.15) is 37.8 Å². The number of halogens is 1. The summed E-state index contributed by atoms with van der Waals surface area (Å²) in [6.45, 7) is 4.47. The van der Waals surface area contributed by atoms with Gasteiger partial charge in [-0.2, -0.15) is 4.98 Å². The number of nitrogens with one attached hydrogen (secondary N) is 1. The second kappa shape index (κ2) is 9.37. The molecule has 1 heterocycles. The molecule has 0 aliphatic rings. The van der Waals surface area contributed by atoms with Gasteiger partial charge in [-0.3, -0.25) is 4.79 Å². The maximum atomic E-state index is 12.2. The minimum atomic E-state index is -0.131. The summed E-state index contributed by atoms with van der Waals surface area (Å²) in [6.07, 6.45) is 0.633. The van der Waals surface area contributed by atoms with Crippen LogP contribution in [0.3, 0.4) is 0 Å². The van der Waals surface area contributed by atoms with Gasteiger partial charge in [0.05, 0.1) is 12.6 Å². The van der Waals surface area contributed by atoms with Gasteiger partial charge in [-0.05, 0) is 55.8 Å². The number of carbonyl (C=O) groups excluding carboxylic acids is 1. The highest BCUT2D eigenvalue weighted by atomic mass is 35.5. The topological polar surface area (TPSA) is 77.2 Å². The van der Waals surface area contributed by atoms with E-state index < -0.39 is 0 Å². The Balaban J connectivity index is 1.53. The Labute approximate surface area is 168 Å². The first kappa shape index (κ1) is 19.9. The van der Waals surface area contributed by atoms with Gasteiger partial charge in [0.1, 0.15) is 5.75 Å². The Bertz CT molecular complexity index is 925. The zero-order chi connectivity index (χ0) is 19.9. The lowest BCUT2D eigenvalue weighted by Gasteiger charge is -2.14. The summed E-state index contributed by atoms with van der Waals surface area (Å²) >= 11 is 6.00. The van der Waals surface area contributed by atoms with Crippen LogP contribution in [0.25, 0.3) is 11.4 Å². The Morgan fingerprint density at radius 2 is 2.04 bits per heavy atom. The van der Waals surface area contributed by atoms with Crippen LogP contribution < -0.4 is 10.1 Å². The fourth-order valence-electron chi connectivity index (χ4n) is 2.73. The van der Waals surface area contributed by atoms with Gasteiger partial charge in [-0.15, -0.1) is 0 Å². The molecule has 0 saturated heterocycles. The molecule has 3 rings (SSSR count).